The Kier molecular flexibility index (Phi) is 6.21. The van der Waals surface area contributed by atoms with Crippen LogP contribution < -0.4 is 5.32 Å². The molecule has 3 aromatic rings. The molecule has 1 saturated heterocycles. The van der Waals surface area contributed by atoms with E-state index in [4.69, 9.17) is 4.42 Å². The number of halogens is 3. The highest BCUT2D eigenvalue weighted by Crippen LogP contribution is 2.30. The van der Waals surface area contributed by atoms with Crippen molar-refractivity contribution in [2.24, 2.45) is 0 Å². The summed E-state index contributed by atoms with van der Waals surface area (Å²) >= 11 is 0. The van der Waals surface area contributed by atoms with Gasteiger partial charge in [-0.1, -0.05) is 17.7 Å². The first-order valence-electron chi connectivity index (χ1n) is 10.1. The number of rotatable bonds is 5. The summed E-state index contributed by atoms with van der Waals surface area (Å²) in [6.07, 6.45) is -4.87. The molecule has 1 aromatic heterocycles. The number of nitrogens with one attached hydrogen (secondary N) is 1. The fourth-order valence-corrected chi connectivity index (χ4v) is 5.03. The molecule has 0 spiro atoms. The number of ether oxygens (including phenoxy) is 1. The second-order valence-corrected chi connectivity index (χ2v) is 9.72. The molecule has 0 aliphatic carbocycles. The van der Waals surface area contributed by atoms with Crippen molar-refractivity contribution in [2.45, 2.75) is 35.7 Å². The Balaban J connectivity index is 1.68. The quantitative estimate of drug-likeness (QED) is 0.558. The second-order valence-electron chi connectivity index (χ2n) is 7.77. The van der Waals surface area contributed by atoms with Crippen molar-refractivity contribution in [3.8, 4) is 0 Å². The number of nitrogens with zero attached hydrogens (tertiary/aromatic N) is 1. The van der Waals surface area contributed by atoms with E-state index >= 15 is 0 Å². The zero-order chi connectivity index (χ0) is 23.8. The Morgan fingerprint density at radius 3 is 2.61 bits per heavy atom. The molecule has 0 radical (unpaired) electrons. The van der Waals surface area contributed by atoms with E-state index < -0.39 is 28.2 Å². The number of alkyl halides is 3. The number of carbonyl (C=O) groups excluding carboxylic acids is 1. The summed E-state index contributed by atoms with van der Waals surface area (Å²) in [7, 11) is -3.85. The van der Waals surface area contributed by atoms with Crippen LogP contribution in [0.5, 0.6) is 0 Å². The summed E-state index contributed by atoms with van der Waals surface area (Å²) in [5.41, 5.74) is 1.79. The number of furan rings is 1. The van der Waals surface area contributed by atoms with Crippen LogP contribution in [-0.2, 0) is 25.9 Å². The van der Waals surface area contributed by atoms with Gasteiger partial charge in [0, 0.05) is 37.1 Å². The van der Waals surface area contributed by atoms with Crippen molar-refractivity contribution >= 4 is 26.8 Å². The standard InChI is InChI=1S/C22H21F3N2O5S/c1-14-2-4-17(5-3-14)33(29,30)18-10-15-6-9-31-20(15)16(11-18)13-27-8-7-26-12-19(27)32-21(28)22(23,24)25/h2-6,9-11,19,26H,7-8,12-13H2,1H3. The topological polar surface area (TPSA) is 88.9 Å². The zero-order valence-corrected chi connectivity index (χ0v) is 18.4. The van der Waals surface area contributed by atoms with E-state index in [1.807, 2.05) is 6.92 Å². The number of fused-ring (bicyclic) bond motifs is 1. The van der Waals surface area contributed by atoms with Crippen LogP contribution in [0.4, 0.5) is 13.2 Å². The molecule has 7 nitrogen and oxygen atoms in total. The lowest BCUT2D eigenvalue weighted by Gasteiger charge is -2.35. The van der Waals surface area contributed by atoms with Crippen molar-refractivity contribution in [1.29, 1.82) is 0 Å². The number of benzene rings is 2. The summed E-state index contributed by atoms with van der Waals surface area (Å²) in [5, 5.41) is 3.43. The molecule has 0 saturated carbocycles. The molecule has 0 amide bonds. The van der Waals surface area contributed by atoms with Gasteiger partial charge in [0.2, 0.25) is 9.84 Å². The van der Waals surface area contributed by atoms with Crippen LogP contribution in [0.15, 0.2) is 62.9 Å². The normalized spacial score (nSPS) is 17.9. The molecule has 4 rings (SSSR count). The van der Waals surface area contributed by atoms with E-state index in [1.165, 1.54) is 30.5 Å². The van der Waals surface area contributed by atoms with Crippen LogP contribution in [0.1, 0.15) is 11.1 Å². The van der Waals surface area contributed by atoms with E-state index in [2.05, 4.69) is 10.1 Å². The van der Waals surface area contributed by atoms with Crippen LogP contribution >= 0.6 is 0 Å². The third-order valence-electron chi connectivity index (χ3n) is 5.39. The number of esters is 1. The van der Waals surface area contributed by atoms with Crippen LogP contribution in [0.25, 0.3) is 11.0 Å². The third-order valence-corrected chi connectivity index (χ3v) is 7.14. The zero-order valence-electron chi connectivity index (χ0n) is 17.6. The monoisotopic (exact) mass is 482 g/mol. The molecule has 1 fully saturated rings. The molecule has 1 atom stereocenters. The van der Waals surface area contributed by atoms with Crippen molar-refractivity contribution in [3.63, 3.8) is 0 Å². The number of carbonyl (C=O) groups is 1. The van der Waals surface area contributed by atoms with E-state index in [0.717, 1.165) is 5.56 Å². The molecule has 1 aliphatic rings. The van der Waals surface area contributed by atoms with E-state index in [1.54, 1.807) is 23.1 Å². The van der Waals surface area contributed by atoms with Crippen molar-refractivity contribution in [1.82, 2.24) is 10.2 Å². The first kappa shape index (κ1) is 23.3. The van der Waals surface area contributed by atoms with E-state index in [-0.39, 0.29) is 29.4 Å². The van der Waals surface area contributed by atoms with Gasteiger partial charge in [0.15, 0.2) is 6.23 Å². The summed E-state index contributed by atoms with van der Waals surface area (Å²) in [6, 6.07) is 11.0. The predicted octanol–water partition coefficient (Wildman–Crippen LogP) is 3.41. The largest absolute Gasteiger partial charge is 0.490 e. The average Bonchev–Trinajstić information content (AvgIpc) is 3.24. The first-order chi connectivity index (χ1) is 15.6. The fourth-order valence-electron chi connectivity index (χ4n) is 3.68. The van der Waals surface area contributed by atoms with Gasteiger partial charge < -0.3 is 14.5 Å². The maximum absolute atomic E-state index is 13.2. The van der Waals surface area contributed by atoms with Gasteiger partial charge in [-0.3, -0.25) is 4.90 Å². The van der Waals surface area contributed by atoms with Gasteiger partial charge in [-0.15, -0.1) is 0 Å². The van der Waals surface area contributed by atoms with Crippen LogP contribution in [0.3, 0.4) is 0 Å². The average molecular weight is 482 g/mol. The van der Waals surface area contributed by atoms with Crippen LogP contribution in [-0.4, -0.2) is 51.3 Å². The highest BCUT2D eigenvalue weighted by atomic mass is 32.2. The van der Waals surface area contributed by atoms with Gasteiger partial charge in [-0.05, 0) is 37.3 Å². The maximum atomic E-state index is 13.2. The summed E-state index contributed by atoms with van der Waals surface area (Å²) < 4.78 is 74.7. The molecule has 1 aliphatic heterocycles. The number of sulfone groups is 1. The molecular formula is C22H21F3N2O5S. The Labute approximate surface area is 188 Å². The summed E-state index contributed by atoms with van der Waals surface area (Å²) in [4.78, 5) is 13.1. The molecule has 1 unspecified atom stereocenters. The molecule has 2 heterocycles. The van der Waals surface area contributed by atoms with Crippen LogP contribution in [0.2, 0.25) is 0 Å². The molecule has 2 aromatic carbocycles. The van der Waals surface area contributed by atoms with Gasteiger partial charge in [0.05, 0.1) is 16.1 Å². The van der Waals surface area contributed by atoms with Gasteiger partial charge in [-0.2, -0.15) is 13.2 Å². The molecule has 1 N–H and O–H groups in total. The molecular weight excluding hydrogens is 461 g/mol. The number of piperazine rings is 1. The minimum Gasteiger partial charge on any atom is -0.464 e. The van der Waals surface area contributed by atoms with E-state index in [0.29, 0.717) is 23.1 Å². The first-order valence-corrected chi connectivity index (χ1v) is 11.6. The molecule has 176 valence electrons. The minimum atomic E-state index is -5.11. The minimum absolute atomic E-state index is 0.00444. The third kappa shape index (κ3) is 4.90. The van der Waals surface area contributed by atoms with Gasteiger partial charge >= 0.3 is 12.1 Å². The lowest BCUT2D eigenvalue weighted by Crippen LogP contribution is -2.53. The fraction of sp³-hybridized carbons (Fsp3) is 0.318. The molecule has 33 heavy (non-hydrogen) atoms. The maximum Gasteiger partial charge on any atom is 0.490 e. The number of hydrogen-bond acceptors (Lipinski definition) is 7. The number of aryl methyl sites for hydroxylation is 1. The van der Waals surface area contributed by atoms with Crippen LogP contribution in [0, 0.1) is 6.92 Å². The Morgan fingerprint density at radius 1 is 1.18 bits per heavy atom. The summed E-state index contributed by atoms with van der Waals surface area (Å²) in [5.74, 6) is -2.28. The Hall–Kier alpha value is -2.89. The lowest BCUT2D eigenvalue weighted by atomic mass is 10.1. The Bertz CT molecular complexity index is 1270. The van der Waals surface area contributed by atoms with E-state index in [9.17, 15) is 26.4 Å². The number of hydrogen-bond donors (Lipinski definition) is 1. The van der Waals surface area contributed by atoms with Gasteiger partial charge in [-0.25, -0.2) is 13.2 Å². The van der Waals surface area contributed by atoms with Crippen molar-refractivity contribution in [2.75, 3.05) is 19.6 Å². The lowest BCUT2D eigenvalue weighted by molar-refractivity contribution is -0.214. The Morgan fingerprint density at radius 2 is 1.91 bits per heavy atom. The van der Waals surface area contributed by atoms with Gasteiger partial charge in [0.25, 0.3) is 0 Å². The van der Waals surface area contributed by atoms with Crippen molar-refractivity contribution < 1.29 is 35.5 Å². The molecule has 0 bridgehead atoms. The second kappa shape index (κ2) is 8.81. The highest BCUT2D eigenvalue weighted by Gasteiger charge is 2.43. The van der Waals surface area contributed by atoms with Crippen molar-refractivity contribution in [3.05, 3.63) is 59.9 Å². The highest BCUT2D eigenvalue weighted by molar-refractivity contribution is 7.91. The SMILES string of the molecule is Cc1ccc(S(=O)(=O)c2cc(CN3CCNCC3OC(=O)C(F)(F)F)c3occc3c2)cc1. The molecule has 11 heteroatoms. The van der Waals surface area contributed by atoms with Gasteiger partial charge in [0.1, 0.15) is 5.58 Å². The summed E-state index contributed by atoms with van der Waals surface area (Å²) in [6.45, 7) is 2.63. The predicted molar refractivity (Wildman–Crippen MR) is 112 cm³/mol. The smallest absolute Gasteiger partial charge is 0.464 e.